The molecule has 0 fully saturated rings. The molecule has 0 unspecified atom stereocenters. The van der Waals surface area contributed by atoms with Gasteiger partial charge in [-0.15, -0.1) is 0 Å². The van der Waals surface area contributed by atoms with Gasteiger partial charge in [-0.1, -0.05) is 42.9 Å². The van der Waals surface area contributed by atoms with Crippen LogP contribution in [0.1, 0.15) is 60.8 Å². The number of allylic oxidation sites excluding steroid dienone is 3. The summed E-state index contributed by atoms with van der Waals surface area (Å²) >= 11 is 0. The highest BCUT2D eigenvalue weighted by Crippen LogP contribution is 2.51. The zero-order chi connectivity index (χ0) is 23.4. The molecule has 33 heavy (non-hydrogen) atoms. The lowest BCUT2D eigenvalue weighted by atomic mass is 9.63. The summed E-state index contributed by atoms with van der Waals surface area (Å²) in [5, 5.41) is 0. The quantitative estimate of drug-likeness (QED) is 0.370. The maximum absolute atomic E-state index is 12.0. The van der Waals surface area contributed by atoms with Gasteiger partial charge in [0.25, 0.3) is 0 Å². The molecule has 2 atom stereocenters. The molecule has 4 rings (SSSR count). The van der Waals surface area contributed by atoms with Crippen molar-refractivity contribution in [2.24, 2.45) is 10.9 Å². The van der Waals surface area contributed by atoms with E-state index in [0.29, 0.717) is 12.2 Å². The van der Waals surface area contributed by atoms with E-state index >= 15 is 0 Å². The van der Waals surface area contributed by atoms with E-state index < -0.39 is 5.54 Å². The Morgan fingerprint density at radius 1 is 1.24 bits per heavy atom. The van der Waals surface area contributed by atoms with Crippen molar-refractivity contribution >= 4 is 18.3 Å². The molecule has 2 bridgehead atoms. The summed E-state index contributed by atoms with van der Waals surface area (Å²) in [7, 11) is 0. The van der Waals surface area contributed by atoms with Crippen LogP contribution in [0.25, 0.3) is 6.08 Å². The Kier molecular flexibility index (Phi) is 6.59. The van der Waals surface area contributed by atoms with Gasteiger partial charge in [0.1, 0.15) is 5.54 Å². The molecule has 5 nitrogen and oxygen atoms in total. The second kappa shape index (κ2) is 9.57. The SMILES string of the molecule is C/C=C1\[C@H]2C=C(C)C[C@]1(N=C/C=C/c1ccc(C(=O)OCCC)cc1)c1ccc(=O)[nH]c1C2. The Morgan fingerprint density at radius 3 is 2.76 bits per heavy atom. The van der Waals surface area contributed by atoms with Crippen molar-refractivity contribution < 1.29 is 9.53 Å². The Hall–Kier alpha value is -3.47. The van der Waals surface area contributed by atoms with Crippen molar-refractivity contribution in [1.29, 1.82) is 0 Å². The van der Waals surface area contributed by atoms with E-state index in [2.05, 4.69) is 31.0 Å². The zero-order valence-corrected chi connectivity index (χ0v) is 19.4. The van der Waals surface area contributed by atoms with E-state index in [1.165, 1.54) is 11.1 Å². The van der Waals surface area contributed by atoms with E-state index in [0.717, 1.165) is 36.1 Å². The molecule has 1 aromatic carbocycles. The molecule has 170 valence electrons. The van der Waals surface area contributed by atoms with Crippen LogP contribution in [0.2, 0.25) is 0 Å². The van der Waals surface area contributed by atoms with Crippen LogP contribution in [0, 0.1) is 5.92 Å². The van der Waals surface area contributed by atoms with Crippen molar-refractivity contribution in [3.8, 4) is 0 Å². The number of carbonyl (C=O) groups is 1. The minimum Gasteiger partial charge on any atom is -0.462 e. The maximum Gasteiger partial charge on any atom is 0.338 e. The van der Waals surface area contributed by atoms with Crippen molar-refractivity contribution in [2.75, 3.05) is 6.61 Å². The van der Waals surface area contributed by atoms with Gasteiger partial charge >= 0.3 is 5.97 Å². The number of H-pyrrole nitrogens is 1. The van der Waals surface area contributed by atoms with E-state index in [1.54, 1.807) is 18.2 Å². The average molecular weight is 443 g/mol. The summed E-state index contributed by atoms with van der Waals surface area (Å²) in [4.78, 5) is 32.0. The average Bonchev–Trinajstić information content (AvgIpc) is 2.80. The number of aliphatic imine (C=N–C) groups is 1. The highest BCUT2D eigenvalue weighted by Gasteiger charge is 2.46. The summed E-state index contributed by atoms with van der Waals surface area (Å²) < 4.78 is 5.18. The lowest BCUT2D eigenvalue weighted by Gasteiger charge is -2.45. The zero-order valence-electron chi connectivity index (χ0n) is 19.4. The molecule has 1 aromatic heterocycles. The van der Waals surface area contributed by atoms with Crippen LogP contribution in [-0.4, -0.2) is 23.8 Å². The number of carbonyl (C=O) groups excluding carboxylic acids is 1. The van der Waals surface area contributed by atoms with Gasteiger partial charge in [-0.2, -0.15) is 0 Å². The van der Waals surface area contributed by atoms with Crippen LogP contribution in [0.5, 0.6) is 0 Å². The fourth-order valence-corrected chi connectivity index (χ4v) is 4.99. The standard InChI is InChI=1S/C28H30N2O3/c1-4-15-33-27(32)21-10-8-20(9-11-21)7-6-14-29-28-18-19(3)16-22(23(28)5-2)17-25-24(28)12-13-26(31)30-25/h5-14,16,22H,4,15,17-18H2,1-3H3,(H,30,31)/b7-6+,23-5+,29-14?/t22-,28+/m0/s1. The van der Waals surface area contributed by atoms with Crippen LogP contribution in [0.4, 0.5) is 0 Å². The molecule has 2 aromatic rings. The number of ether oxygens (including phenoxy) is 1. The lowest BCUT2D eigenvalue weighted by Crippen LogP contribution is -2.40. The lowest BCUT2D eigenvalue weighted by molar-refractivity contribution is 0.0505. The number of nitrogens with zero attached hydrogens (tertiary/aromatic N) is 1. The van der Waals surface area contributed by atoms with Crippen LogP contribution in [0.15, 0.2) is 75.6 Å². The normalized spacial score (nSPS) is 23.1. The Labute approximate surface area is 194 Å². The summed E-state index contributed by atoms with van der Waals surface area (Å²) in [6, 6.07) is 10.9. The first-order valence-electron chi connectivity index (χ1n) is 11.5. The number of hydrogen-bond donors (Lipinski definition) is 1. The van der Waals surface area contributed by atoms with Crippen LogP contribution >= 0.6 is 0 Å². The largest absolute Gasteiger partial charge is 0.462 e. The van der Waals surface area contributed by atoms with Gasteiger partial charge in [-0.05, 0) is 62.1 Å². The van der Waals surface area contributed by atoms with Gasteiger partial charge in [0.05, 0.1) is 12.2 Å². The number of nitrogens with one attached hydrogen (secondary N) is 1. The summed E-state index contributed by atoms with van der Waals surface area (Å²) in [6.45, 7) is 6.63. The molecule has 0 spiro atoms. The molecule has 0 saturated carbocycles. The van der Waals surface area contributed by atoms with Crippen LogP contribution in [0.3, 0.4) is 0 Å². The van der Waals surface area contributed by atoms with Gasteiger partial charge in [-0.25, -0.2) is 4.79 Å². The maximum atomic E-state index is 12.0. The first-order valence-corrected chi connectivity index (χ1v) is 11.5. The summed E-state index contributed by atoms with van der Waals surface area (Å²) in [5.74, 6) is -0.0494. The second-order valence-electron chi connectivity index (χ2n) is 8.71. The predicted molar refractivity (Wildman–Crippen MR) is 133 cm³/mol. The predicted octanol–water partition coefficient (Wildman–Crippen LogP) is 5.39. The molecule has 0 saturated heterocycles. The molecule has 0 radical (unpaired) electrons. The molecule has 0 amide bonds. The number of fused-ring (bicyclic) bond motifs is 4. The molecule has 0 aliphatic heterocycles. The fourth-order valence-electron chi connectivity index (χ4n) is 4.99. The van der Waals surface area contributed by atoms with Gasteiger partial charge in [0.15, 0.2) is 0 Å². The van der Waals surface area contributed by atoms with Crippen molar-refractivity contribution in [3.63, 3.8) is 0 Å². The van der Waals surface area contributed by atoms with Crippen molar-refractivity contribution in [1.82, 2.24) is 4.98 Å². The summed E-state index contributed by atoms with van der Waals surface area (Å²) in [6.07, 6.45) is 12.6. The Morgan fingerprint density at radius 2 is 2.03 bits per heavy atom. The first kappa shape index (κ1) is 22.7. The second-order valence-corrected chi connectivity index (χ2v) is 8.71. The van der Waals surface area contributed by atoms with Gasteiger partial charge in [0.2, 0.25) is 5.56 Å². The smallest absolute Gasteiger partial charge is 0.338 e. The van der Waals surface area contributed by atoms with E-state index in [9.17, 15) is 9.59 Å². The number of aromatic nitrogens is 1. The number of pyridine rings is 1. The third-order valence-corrected chi connectivity index (χ3v) is 6.33. The molecule has 2 aliphatic carbocycles. The van der Waals surface area contributed by atoms with Crippen molar-refractivity contribution in [2.45, 2.75) is 45.6 Å². The third kappa shape index (κ3) is 4.54. The number of aromatic amines is 1. The summed E-state index contributed by atoms with van der Waals surface area (Å²) in [5.41, 5.74) is 5.62. The molecular weight excluding hydrogens is 412 g/mol. The number of hydrogen-bond acceptors (Lipinski definition) is 4. The first-order chi connectivity index (χ1) is 16.0. The molecule has 1 N–H and O–H groups in total. The van der Waals surface area contributed by atoms with Crippen LogP contribution in [-0.2, 0) is 16.7 Å². The Balaban J connectivity index is 1.60. The monoisotopic (exact) mass is 442 g/mol. The van der Waals surface area contributed by atoms with Gasteiger partial charge in [0, 0.05) is 35.9 Å². The third-order valence-electron chi connectivity index (χ3n) is 6.33. The van der Waals surface area contributed by atoms with Crippen molar-refractivity contribution in [3.05, 3.63) is 98.5 Å². The van der Waals surface area contributed by atoms with E-state index in [-0.39, 0.29) is 17.4 Å². The minimum atomic E-state index is -0.493. The highest BCUT2D eigenvalue weighted by molar-refractivity contribution is 5.89. The van der Waals surface area contributed by atoms with Gasteiger partial charge < -0.3 is 9.72 Å². The van der Waals surface area contributed by atoms with E-state index in [1.807, 2.05) is 43.5 Å². The minimum absolute atomic E-state index is 0.0718. The topological polar surface area (TPSA) is 71.5 Å². The number of benzene rings is 1. The van der Waals surface area contributed by atoms with Crippen LogP contribution < -0.4 is 5.56 Å². The molecule has 5 heteroatoms. The number of esters is 1. The molecule has 2 aliphatic rings. The van der Waals surface area contributed by atoms with E-state index in [4.69, 9.17) is 9.73 Å². The molecule has 1 heterocycles. The number of rotatable bonds is 6. The highest BCUT2D eigenvalue weighted by atomic mass is 16.5. The Bertz CT molecular complexity index is 1210. The van der Waals surface area contributed by atoms with Gasteiger partial charge in [-0.3, -0.25) is 9.79 Å². The fraction of sp³-hybridized carbons (Fsp3) is 0.321. The molecular formula is C28H30N2O3.